The van der Waals surface area contributed by atoms with Gasteiger partial charge in [0, 0.05) is 6.07 Å². The summed E-state index contributed by atoms with van der Waals surface area (Å²) in [6, 6.07) is -0.757. The maximum atomic E-state index is 13.6. The fraction of sp³-hybridized carbons (Fsp3) is 0.222. The summed E-state index contributed by atoms with van der Waals surface area (Å²) in [5.74, 6) is -3.29. The number of hydrogen-bond acceptors (Lipinski definition) is 4. The lowest BCUT2D eigenvalue weighted by molar-refractivity contribution is -0.138. The van der Waals surface area contributed by atoms with Crippen LogP contribution in [0.4, 0.5) is 4.39 Å². The molecule has 5 nitrogen and oxygen atoms in total. The van der Waals surface area contributed by atoms with E-state index >= 15 is 0 Å². The van der Waals surface area contributed by atoms with E-state index in [0.29, 0.717) is 0 Å². The second-order valence-corrected chi connectivity index (χ2v) is 3.36. The molecule has 0 fully saturated rings. The van der Waals surface area contributed by atoms with Crippen molar-refractivity contribution in [1.29, 1.82) is 0 Å². The Labute approximate surface area is 95.2 Å². The fourth-order valence-corrected chi connectivity index (χ4v) is 1.44. The Bertz CT molecular complexity index is 438. The third-order valence-electron chi connectivity index (χ3n) is 1.97. The smallest absolute Gasteiger partial charge is 0.325 e. The number of phenolic OH excluding ortho intramolecular Hbond substituents is 1. The van der Waals surface area contributed by atoms with Crippen molar-refractivity contribution in [3.63, 3.8) is 0 Å². The van der Waals surface area contributed by atoms with Gasteiger partial charge in [-0.25, -0.2) is 4.39 Å². The van der Waals surface area contributed by atoms with Crippen molar-refractivity contribution in [3.05, 3.63) is 22.5 Å². The number of carbonyl (C=O) groups is 1. The largest absolute Gasteiger partial charge is 0.504 e. The van der Waals surface area contributed by atoms with E-state index in [-0.39, 0.29) is 5.75 Å². The van der Waals surface area contributed by atoms with Gasteiger partial charge < -0.3 is 20.7 Å². The van der Waals surface area contributed by atoms with Crippen LogP contribution in [0.25, 0.3) is 0 Å². The molecule has 16 heavy (non-hydrogen) atoms. The standard InChI is InChI=1S/C9H9ClFNO4/c1-16-8-4(13)2-3(10)6(11)5(8)7(12)9(14)15/h2,7,13H,12H2,1H3,(H,14,15). The number of rotatable bonds is 3. The first-order valence-corrected chi connectivity index (χ1v) is 4.51. The Hall–Kier alpha value is -1.53. The average Bonchev–Trinajstić information content (AvgIpc) is 2.21. The zero-order valence-corrected chi connectivity index (χ0v) is 8.95. The van der Waals surface area contributed by atoms with E-state index in [9.17, 15) is 14.3 Å². The summed E-state index contributed by atoms with van der Waals surface area (Å²) in [5.41, 5.74) is 4.78. The zero-order chi connectivity index (χ0) is 12.5. The van der Waals surface area contributed by atoms with Crippen LogP contribution in [0.1, 0.15) is 11.6 Å². The molecule has 0 saturated heterocycles. The first-order chi connectivity index (χ1) is 7.40. The van der Waals surface area contributed by atoms with Crippen LogP contribution in [0.3, 0.4) is 0 Å². The summed E-state index contributed by atoms with van der Waals surface area (Å²) in [5, 5.41) is 17.7. The van der Waals surface area contributed by atoms with Gasteiger partial charge in [-0.3, -0.25) is 4.79 Å². The van der Waals surface area contributed by atoms with Crippen LogP contribution in [-0.2, 0) is 4.79 Å². The second-order valence-electron chi connectivity index (χ2n) is 2.95. The molecule has 0 saturated carbocycles. The zero-order valence-electron chi connectivity index (χ0n) is 8.20. The molecule has 1 rings (SSSR count). The Kier molecular flexibility index (Phi) is 3.56. The Morgan fingerprint density at radius 1 is 1.69 bits per heavy atom. The number of phenols is 1. The number of halogens is 2. The third-order valence-corrected chi connectivity index (χ3v) is 2.24. The van der Waals surface area contributed by atoms with Crippen LogP contribution in [0.2, 0.25) is 5.02 Å². The molecule has 0 aliphatic carbocycles. The topological polar surface area (TPSA) is 92.8 Å². The number of methoxy groups -OCH3 is 1. The molecule has 0 radical (unpaired) electrons. The van der Waals surface area contributed by atoms with Gasteiger partial charge in [-0.15, -0.1) is 0 Å². The van der Waals surface area contributed by atoms with E-state index in [1.165, 1.54) is 0 Å². The lowest BCUT2D eigenvalue weighted by Crippen LogP contribution is -2.22. The monoisotopic (exact) mass is 249 g/mol. The quantitative estimate of drug-likeness (QED) is 0.750. The average molecular weight is 250 g/mol. The molecule has 0 aliphatic heterocycles. The number of aromatic hydroxyl groups is 1. The van der Waals surface area contributed by atoms with Crippen LogP contribution in [0.15, 0.2) is 6.07 Å². The molecule has 0 spiro atoms. The maximum absolute atomic E-state index is 13.6. The molecule has 0 aromatic heterocycles. The van der Waals surface area contributed by atoms with E-state index < -0.39 is 34.2 Å². The summed E-state index contributed by atoms with van der Waals surface area (Å²) >= 11 is 5.46. The summed E-state index contributed by atoms with van der Waals surface area (Å²) < 4.78 is 18.3. The summed E-state index contributed by atoms with van der Waals surface area (Å²) in [6.07, 6.45) is 0. The minimum atomic E-state index is -1.67. The molecule has 1 atom stereocenters. The molecule has 0 aliphatic rings. The first kappa shape index (κ1) is 12.5. The van der Waals surface area contributed by atoms with E-state index in [0.717, 1.165) is 13.2 Å². The van der Waals surface area contributed by atoms with Crippen molar-refractivity contribution in [1.82, 2.24) is 0 Å². The molecule has 1 unspecified atom stereocenters. The number of aliphatic carboxylic acids is 1. The Morgan fingerprint density at radius 3 is 2.69 bits per heavy atom. The van der Waals surface area contributed by atoms with Gasteiger partial charge in [-0.1, -0.05) is 11.6 Å². The normalized spacial score (nSPS) is 12.2. The lowest BCUT2D eigenvalue weighted by Gasteiger charge is -2.15. The highest BCUT2D eigenvalue weighted by atomic mass is 35.5. The van der Waals surface area contributed by atoms with Gasteiger partial charge in [0.15, 0.2) is 17.3 Å². The number of carboxylic acids is 1. The highest BCUT2D eigenvalue weighted by Gasteiger charge is 2.27. The van der Waals surface area contributed by atoms with Crippen LogP contribution < -0.4 is 10.5 Å². The minimum Gasteiger partial charge on any atom is -0.504 e. The van der Waals surface area contributed by atoms with Crippen molar-refractivity contribution in [2.24, 2.45) is 5.73 Å². The van der Waals surface area contributed by atoms with Gasteiger partial charge in [-0.05, 0) is 0 Å². The predicted octanol–water partition coefficient (Wildman–Crippen LogP) is 1.28. The minimum absolute atomic E-state index is 0.336. The highest BCUT2D eigenvalue weighted by Crippen LogP contribution is 2.39. The number of nitrogens with two attached hydrogens (primary N) is 1. The molecule has 1 aromatic rings. The van der Waals surface area contributed by atoms with Crippen LogP contribution in [0.5, 0.6) is 11.5 Å². The summed E-state index contributed by atoms with van der Waals surface area (Å²) in [6.45, 7) is 0. The third kappa shape index (κ3) is 2.02. The van der Waals surface area contributed by atoms with Crippen LogP contribution in [-0.4, -0.2) is 23.3 Å². The summed E-state index contributed by atoms with van der Waals surface area (Å²) in [7, 11) is 1.15. The van der Waals surface area contributed by atoms with Gasteiger partial charge in [0.2, 0.25) is 0 Å². The van der Waals surface area contributed by atoms with Crippen molar-refractivity contribution in [3.8, 4) is 11.5 Å². The van der Waals surface area contributed by atoms with E-state index in [1.54, 1.807) is 0 Å². The SMILES string of the molecule is COc1c(O)cc(Cl)c(F)c1C(N)C(=O)O. The number of hydrogen-bond donors (Lipinski definition) is 3. The number of carboxylic acid groups (broad SMARTS) is 1. The van der Waals surface area contributed by atoms with Crippen molar-refractivity contribution < 1.29 is 24.1 Å². The fourth-order valence-electron chi connectivity index (χ4n) is 1.23. The maximum Gasteiger partial charge on any atom is 0.325 e. The predicted molar refractivity (Wildman–Crippen MR) is 54.2 cm³/mol. The van der Waals surface area contributed by atoms with Crippen molar-refractivity contribution in [2.45, 2.75) is 6.04 Å². The first-order valence-electron chi connectivity index (χ1n) is 4.13. The summed E-state index contributed by atoms with van der Waals surface area (Å²) in [4.78, 5) is 10.7. The Balaban J connectivity index is 3.50. The van der Waals surface area contributed by atoms with Crippen LogP contribution in [0, 0.1) is 5.82 Å². The molecular weight excluding hydrogens is 241 g/mol. The number of benzene rings is 1. The molecule has 0 amide bonds. The molecule has 88 valence electrons. The molecule has 0 heterocycles. The molecule has 4 N–H and O–H groups in total. The van der Waals surface area contributed by atoms with E-state index in [2.05, 4.69) is 0 Å². The molecule has 1 aromatic carbocycles. The van der Waals surface area contributed by atoms with E-state index in [4.69, 9.17) is 27.2 Å². The lowest BCUT2D eigenvalue weighted by atomic mass is 10.1. The van der Waals surface area contributed by atoms with Gasteiger partial charge in [-0.2, -0.15) is 0 Å². The van der Waals surface area contributed by atoms with E-state index in [1.807, 2.05) is 0 Å². The van der Waals surface area contributed by atoms with Gasteiger partial charge in [0.25, 0.3) is 0 Å². The van der Waals surface area contributed by atoms with Gasteiger partial charge in [0.1, 0.15) is 6.04 Å². The second kappa shape index (κ2) is 4.54. The Morgan fingerprint density at radius 2 is 2.25 bits per heavy atom. The van der Waals surface area contributed by atoms with Crippen molar-refractivity contribution in [2.75, 3.05) is 7.11 Å². The van der Waals surface area contributed by atoms with Gasteiger partial charge in [0.05, 0.1) is 17.7 Å². The molecule has 7 heteroatoms. The van der Waals surface area contributed by atoms with Crippen molar-refractivity contribution >= 4 is 17.6 Å². The number of ether oxygens (including phenoxy) is 1. The highest BCUT2D eigenvalue weighted by molar-refractivity contribution is 6.31. The van der Waals surface area contributed by atoms with Gasteiger partial charge >= 0.3 is 5.97 Å². The van der Waals surface area contributed by atoms with Crippen LogP contribution >= 0.6 is 11.6 Å². The molecule has 0 bridgehead atoms. The molecular formula is C9H9ClFNO4.